The van der Waals surface area contributed by atoms with Gasteiger partial charge in [-0.1, -0.05) is 11.6 Å². The molecule has 0 radical (unpaired) electrons. The second-order valence-electron chi connectivity index (χ2n) is 7.62. The van der Waals surface area contributed by atoms with Crippen LogP contribution in [0.25, 0.3) is 5.57 Å². The zero-order valence-corrected chi connectivity index (χ0v) is 17.0. The fourth-order valence-corrected chi connectivity index (χ4v) is 4.39. The molecule has 9 heteroatoms. The number of hydrogen-bond donors (Lipinski definition) is 2. The van der Waals surface area contributed by atoms with Gasteiger partial charge in [-0.2, -0.15) is 0 Å². The number of carbonyl (C=O) groups is 1. The maximum atomic E-state index is 14.6. The highest BCUT2D eigenvalue weighted by atomic mass is 35.5. The van der Waals surface area contributed by atoms with Crippen molar-refractivity contribution in [1.82, 2.24) is 9.55 Å². The van der Waals surface area contributed by atoms with Crippen LogP contribution < -0.4 is 21.1 Å². The van der Waals surface area contributed by atoms with Crippen LogP contribution in [-0.4, -0.2) is 29.1 Å². The SMILES string of the molecule is CN1CCn2c1c(Nc1ccnc3c1CC(=O)N3)cc(C1=C(F)CCC(Cl)=C1)c2=O. The number of anilines is 4. The van der Waals surface area contributed by atoms with E-state index in [4.69, 9.17) is 11.6 Å². The molecule has 0 aromatic carbocycles. The minimum Gasteiger partial charge on any atom is -0.357 e. The van der Waals surface area contributed by atoms with Crippen molar-refractivity contribution in [3.63, 3.8) is 0 Å². The molecule has 154 valence electrons. The molecule has 0 bridgehead atoms. The van der Waals surface area contributed by atoms with Crippen molar-refractivity contribution in [2.75, 3.05) is 29.1 Å². The van der Waals surface area contributed by atoms with Crippen molar-refractivity contribution in [3.05, 3.63) is 56.7 Å². The summed E-state index contributed by atoms with van der Waals surface area (Å²) in [6, 6.07) is 3.46. The molecule has 4 heterocycles. The molecule has 0 unspecified atom stereocenters. The number of likely N-dealkylation sites (N-methyl/N-ethyl adjacent to an activating group) is 1. The molecule has 3 aliphatic rings. The van der Waals surface area contributed by atoms with Gasteiger partial charge in [0.2, 0.25) is 5.91 Å². The molecule has 2 aromatic heterocycles. The summed E-state index contributed by atoms with van der Waals surface area (Å²) in [6.45, 7) is 1.17. The third-order valence-corrected chi connectivity index (χ3v) is 5.97. The Morgan fingerprint density at radius 1 is 1.23 bits per heavy atom. The number of halogens is 2. The lowest BCUT2D eigenvalue weighted by Crippen LogP contribution is -2.23. The van der Waals surface area contributed by atoms with E-state index < -0.39 is 0 Å². The lowest BCUT2D eigenvalue weighted by Gasteiger charge is -2.21. The molecular formula is C21H19ClFN5O2. The number of amides is 1. The second kappa shape index (κ2) is 6.98. The molecule has 1 aliphatic carbocycles. The van der Waals surface area contributed by atoms with E-state index in [0.29, 0.717) is 36.0 Å². The van der Waals surface area contributed by atoms with E-state index in [2.05, 4.69) is 15.6 Å². The summed E-state index contributed by atoms with van der Waals surface area (Å²) in [6.07, 6.45) is 3.99. The van der Waals surface area contributed by atoms with Crippen LogP contribution in [0.2, 0.25) is 0 Å². The van der Waals surface area contributed by atoms with Crippen LogP contribution in [0.4, 0.5) is 27.4 Å². The first kappa shape index (κ1) is 18.9. The number of pyridine rings is 2. The Morgan fingerprint density at radius 2 is 2.07 bits per heavy atom. The van der Waals surface area contributed by atoms with Gasteiger partial charge in [0.1, 0.15) is 17.5 Å². The number of allylic oxidation sites excluding steroid dienone is 4. The predicted molar refractivity (Wildman–Crippen MR) is 115 cm³/mol. The van der Waals surface area contributed by atoms with Crippen LogP contribution in [0, 0.1) is 0 Å². The number of carbonyl (C=O) groups excluding carboxylic acids is 1. The standard InChI is InChI=1S/C21H19ClFN5O2/c1-27-6-7-28-20(27)17(25-16-4-5-24-19-14(16)10-18(29)26-19)9-13(21(28)30)12-8-11(22)2-3-15(12)23/h4-5,8-9H,2-3,6-7,10H2,1H3,(H2,24,25,26,29). The van der Waals surface area contributed by atoms with Gasteiger partial charge < -0.3 is 15.5 Å². The van der Waals surface area contributed by atoms with E-state index in [1.807, 2.05) is 11.9 Å². The average molecular weight is 428 g/mol. The van der Waals surface area contributed by atoms with Crippen molar-refractivity contribution < 1.29 is 9.18 Å². The quantitative estimate of drug-likeness (QED) is 0.783. The van der Waals surface area contributed by atoms with E-state index >= 15 is 0 Å². The maximum absolute atomic E-state index is 14.6. The normalized spacial score (nSPS) is 17.6. The number of rotatable bonds is 3. The number of hydrogen-bond acceptors (Lipinski definition) is 5. The maximum Gasteiger partial charge on any atom is 0.260 e. The van der Waals surface area contributed by atoms with E-state index in [1.165, 1.54) is 0 Å². The minimum absolute atomic E-state index is 0.117. The van der Waals surface area contributed by atoms with E-state index in [9.17, 15) is 14.0 Å². The van der Waals surface area contributed by atoms with Crippen LogP contribution in [0.3, 0.4) is 0 Å². The molecule has 7 nitrogen and oxygen atoms in total. The summed E-state index contributed by atoms with van der Waals surface area (Å²) in [5, 5.41) is 6.62. The summed E-state index contributed by atoms with van der Waals surface area (Å²) >= 11 is 6.15. The zero-order valence-electron chi connectivity index (χ0n) is 16.3. The number of nitrogens with one attached hydrogen (secondary N) is 2. The smallest absolute Gasteiger partial charge is 0.260 e. The summed E-state index contributed by atoms with van der Waals surface area (Å²) in [5.41, 5.74) is 2.41. The highest BCUT2D eigenvalue weighted by molar-refractivity contribution is 6.30. The lowest BCUT2D eigenvalue weighted by atomic mass is 9.99. The molecule has 0 saturated heterocycles. The second-order valence-corrected chi connectivity index (χ2v) is 8.10. The third kappa shape index (κ3) is 2.99. The van der Waals surface area contributed by atoms with Crippen LogP contribution >= 0.6 is 11.6 Å². The molecule has 0 atom stereocenters. The first-order valence-corrected chi connectivity index (χ1v) is 10.1. The molecule has 30 heavy (non-hydrogen) atoms. The summed E-state index contributed by atoms with van der Waals surface area (Å²) < 4.78 is 16.3. The molecule has 2 aromatic rings. The molecule has 0 spiro atoms. The van der Waals surface area contributed by atoms with Gasteiger partial charge in [0.05, 0.1) is 17.7 Å². The first-order chi connectivity index (χ1) is 14.4. The Hall–Kier alpha value is -3.13. The largest absolute Gasteiger partial charge is 0.357 e. The zero-order chi connectivity index (χ0) is 21.0. The van der Waals surface area contributed by atoms with Crippen LogP contribution in [0.15, 0.2) is 40.1 Å². The van der Waals surface area contributed by atoms with Crippen LogP contribution in [-0.2, 0) is 17.8 Å². The highest BCUT2D eigenvalue weighted by Crippen LogP contribution is 2.38. The Morgan fingerprint density at radius 3 is 2.90 bits per heavy atom. The van der Waals surface area contributed by atoms with Crippen molar-refractivity contribution in [3.8, 4) is 0 Å². The Labute approximate surface area is 176 Å². The number of aromatic nitrogens is 2. The molecule has 2 aliphatic heterocycles. The van der Waals surface area contributed by atoms with Crippen molar-refractivity contribution in [1.29, 1.82) is 0 Å². The van der Waals surface area contributed by atoms with Gasteiger partial charge >= 0.3 is 0 Å². The average Bonchev–Trinajstić information content (AvgIpc) is 3.29. The summed E-state index contributed by atoms with van der Waals surface area (Å²) in [5.74, 6) is 0.791. The topological polar surface area (TPSA) is 79.3 Å². The van der Waals surface area contributed by atoms with Crippen molar-refractivity contribution >= 4 is 46.1 Å². The first-order valence-electron chi connectivity index (χ1n) is 9.71. The molecule has 0 saturated carbocycles. The van der Waals surface area contributed by atoms with Gasteiger partial charge in [0.15, 0.2) is 0 Å². The fourth-order valence-electron chi connectivity index (χ4n) is 4.19. The summed E-state index contributed by atoms with van der Waals surface area (Å²) in [4.78, 5) is 31.2. The molecule has 5 rings (SSSR count). The van der Waals surface area contributed by atoms with Gasteiger partial charge in [-0.3, -0.25) is 14.2 Å². The molecule has 0 fully saturated rings. The van der Waals surface area contributed by atoms with E-state index in [0.717, 1.165) is 17.1 Å². The van der Waals surface area contributed by atoms with E-state index in [1.54, 1.807) is 29.0 Å². The monoisotopic (exact) mass is 427 g/mol. The van der Waals surface area contributed by atoms with Gasteiger partial charge in [-0.05, 0) is 24.6 Å². The van der Waals surface area contributed by atoms with Gasteiger partial charge in [0.25, 0.3) is 5.56 Å². The summed E-state index contributed by atoms with van der Waals surface area (Å²) in [7, 11) is 1.91. The highest BCUT2D eigenvalue weighted by Gasteiger charge is 2.28. The van der Waals surface area contributed by atoms with Gasteiger partial charge in [0, 0.05) is 54.6 Å². The molecular weight excluding hydrogens is 409 g/mol. The van der Waals surface area contributed by atoms with E-state index in [-0.39, 0.29) is 41.3 Å². The number of fused-ring (bicyclic) bond motifs is 2. The van der Waals surface area contributed by atoms with Gasteiger partial charge in [-0.15, -0.1) is 0 Å². The Bertz CT molecular complexity index is 1220. The predicted octanol–water partition coefficient (Wildman–Crippen LogP) is 3.53. The number of nitrogens with zero attached hydrogens (tertiary/aromatic N) is 3. The molecule has 2 N–H and O–H groups in total. The fraction of sp³-hybridized carbons (Fsp3) is 0.286. The lowest BCUT2D eigenvalue weighted by molar-refractivity contribution is -0.115. The van der Waals surface area contributed by atoms with Crippen LogP contribution in [0.5, 0.6) is 0 Å². The van der Waals surface area contributed by atoms with Crippen LogP contribution in [0.1, 0.15) is 24.0 Å². The van der Waals surface area contributed by atoms with Gasteiger partial charge in [-0.25, -0.2) is 9.37 Å². The van der Waals surface area contributed by atoms with Crippen molar-refractivity contribution in [2.24, 2.45) is 0 Å². The minimum atomic E-state index is -0.339. The van der Waals surface area contributed by atoms with Crippen molar-refractivity contribution in [2.45, 2.75) is 25.8 Å². The molecule has 1 amide bonds. The Kier molecular flexibility index (Phi) is 4.39. The Balaban J connectivity index is 1.67. The third-order valence-electron chi connectivity index (χ3n) is 5.67.